The Labute approximate surface area is 162 Å². The number of hydrogen-bond acceptors (Lipinski definition) is 5. The monoisotopic (exact) mass is 376 g/mol. The fourth-order valence-corrected chi connectivity index (χ4v) is 4.49. The van der Waals surface area contributed by atoms with Gasteiger partial charge in [0.2, 0.25) is 0 Å². The van der Waals surface area contributed by atoms with Gasteiger partial charge in [-0.15, -0.1) is 11.3 Å². The quantitative estimate of drug-likeness (QED) is 0.693. The third-order valence-electron chi connectivity index (χ3n) is 5.09. The molecule has 2 unspecified atom stereocenters. The summed E-state index contributed by atoms with van der Waals surface area (Å²) < 4.78 is 11.8. The molecule has 5 heteroatoms. The van der Waals surface area contributed by atoms with E-state index in [1.165, 1.54) is 10.4 Å². The second-order valence-corrected chi connectivity index (χ2v) is 7.71. The number of hydrazine groups is 1. The van der Waals surface area contributed by atoms with Crippen LogP contribution < -0.4 is 14.9 Å². The van der Waals surface area contributed by atoms with Gasteiger partial charge in [0.25, 0.3) is 0 Å². The number of para-hydroxylation sites is 1. The molecule has 0 spiro atoms. The van der Waals surface area contributed by atoms with E-state index >= 15 is 0 Å². The molecule has 2 aliphatic heterocycles. The van der Waals surface area contributed by atoms with E-state index in [1.54, 1.807) is 18.4 Å². The van der Waals surface area contributed by atoms with Crippen LogP contribution >= 0.6 is 11.3 Å². The van der Waals surface area contributed by atoms with Crippen molar-refractivity contribution in [3.8, 4) is 11.5 Å². The zero-order valence-electron chi connectivity index (χ0n) is 15.2. The van der Waals surface area contributed by atoms with Crippen LogP contribution in [0.15, 0.2) is 66.1 Å². The first-order valence-corrected chi connectivity index (χ1v) is 9.83. The normalized spacial score (nSPS) is 20.9. The molecule has 0 saturated carbocycles. The van der Waals surface area contributed by atoms with Crippen LogP contribution in [0.4, 0.5) is 0 Å². The molecule has 0 radical (unpaired) electrons. The molecule has 4 nitrogen and oxygen atoms in total. The van der Waals surface area contributed by atoms with Gasteiger partial charge < -0.3 is 14.9 Å². The zero-order chi connectivity index (χ0) is 18.4. The van der Waals surface area contributed by atoms with Crippen LogP contribution in [0.3, 0.4) is 0 Å². The highest BCUT2D eigenvalue weighted by Crippen LogP contribution is 2.46. The van der Waals surface area contributed by atoms with Crippen molar-refractivity contribution >= 4 is 17.0 Å². The number of ether oxygens (including phenoxy) is 2. The lowest BCUT2D eigenvalue weighted by Crippen LogP contribution is -2.43. The molecule has 0 bridgehead atoms. The second-order valence-electron chi connectivity index (χ2n) is 6.76. The Morgan fingerprint density at radius 2 is 2.00 bits per heavy atom. The topological polar surface area (TPSA) is 33.7 Å². The number of methoxy groups -OCH3 is 1. The molecular formula is C22H20N2O2S. The number of rotatable bonds is 3. The molecular weight excluding hydrogens is 356 g/mol. The molecule has 2 atom stereocenters. The Morgan fingerprint density at radius 1 is 1.11 bits per heavy atom. The van der Waals surface area contributed by atoms with Gasteiger partial charge in [0.15, 0.2) is 6.23 Å². The van der Waals surface area contributed by atoms with E-state index < -0.39 is 0 Å². The lowest BCUT2D eigenvalue weighted by Gasteiger charge is -2.39. The summed E-state index contributed by atoms with van der Waals surface area (Å²) in [6.45, 7) is 2.06. The molecule has 136 valence electrons. The maximum absolute atomic E-state index is 6.42. The summed E-state index contributed by atoms with van der Waals surface area (Å²) in [4.78, 5) is 1.23. The van der Waals surface area contributed by atoms with Gasteiger partial charge in [-0.3, -0.25) is 0 Å². The highest BCUT2D eigenvalue weighted by molar-refractivity contribution is 7.11. The average molecular weight is 376 g/mol. The SMILES string of the molecule is COc1ccc(C2Oc3ccccc3C3C=C(c4cccs4)NN32)cc1C. The first kappa shape index (κ1) is 16.4. The van der Waals surface area contributed by atoms with Crippen LogP contribution in [0.5, 0.6) is 11.5 Å². The summed E-state index contributed by atoms with van der Waals surface area (Å²) in [6, 6.07) is 18.8. The molecule has 5 rings (SSSR count). The second kappa shape index (κ2) is 6.44. The van der Waals surface area contributed by atoms with Gasteiger partial charge in [0.05, 0.1) is 23.7 Å². The molecule has 2 aromatic carbocycles. The van der Waals surface area contributed by atoms with E-state index in [0.29, 0.717) is 0 Å². The Hall–Kier alpha value is -2.76. The maximum atomic E-state index is 6.42. The minimum atomic E-state index is -0.219. The first-order valence-electron chi connectivity index (χ1n) is 8.95. The van der Waals surface area contributed by atoms with Crippen LogP contribution in [0, 0.1) is 6.92 Å². The standard InChI is InChI=1S/C22H20N2O2S/c1-14-12-15(9-10-19(14)25-2)22-24-18(16-6-3-4-7-20(16)26-22)13-17(23-24)21-8-5-11-27-21/h3-13,18,22-23H,1-2H3. The van der Waals surface area contributed by atoms with Crippen molar-refractivity contribution in [1.82, 2.24) is 10.4 Å². The number of nitrogens with one attached hydrogen (secondary N) is 1. The minimum Gasteiger partial charge on any atom is -0.496 e. The molecule has 3 aromatic rings. The first-order chi connectivity index (χ1) is 13.2. The summed E-state index contributed by atoms with van der Waals surface area (Å²) in [5, 5.41) is 4.29. The van der Waals surface area contributed by atoms with E-state index in [-0.39, 0.29) is 12.3 Å². The third kappa shape index (κ3) is 2.71. The summed E-state index contributed by atoms with van der Waals surface area (Å²) in [5.74, 6) is 1.82. The van der Waals surface area contributed by atoms with E-state index in [9.17, 15) is 0 Å². The number of thiophene rings is 1. The number of benzene rings is 2. The molecule has 0 amide bonds. The predicted molar refractivity (Wildman–Crippen MR) is 108 cm³/mol. The van der Waals surface area contributed by atoms with Crippen LogP contribution in [0.1, 0.15) is 33.8 Å². The summed E-state index contributed by atoms with van der Waals surface area (Å²) in [7, 11) is 1.70. The largest absolute Gasteiger partial charge is 0.496 e. The third-order valence-corrected chi connectivity index (χ3v) is 6.00. The van der Waals surface area contributed by atoms with Crippen molar-refractivity contribution in [3.63, 3.8) is 0 Å². The molecule has 3 heterocycles. The van der Waals surface area contributed by atoms with Crippen LogP contribution in [-0.4, -0.2) is 12.1 Å². The van der Waals surface area contributed by atoms with Gasteiger partial charge >= 0.3 is 0 Å². The minimum absolute atomic E-state index is 0.124. The van der Waals surface area contributed by atoms with Gasteiger partial charge in [0.1, 0.15) is 11.5 Å². The Balaban J connectivity index is 1.58. The summed E-state index contributed by atoms with van der Waals surface area (Å²) in [5.41, 5.74) is 8.09. The van der Waals surface area contributed by atoms with Crippen molar-refractivity contribution in [2.24, 2.45) is 0 Å². The lowest BCUT2D eigenvalue weighted by atomic mass is 10.0. The van der Waals surface area contributed by atoms with Crippen LogP contribution in [0.25, 0.3) is 5.70 Å². The molecule has 2 aliphatic rings. The van der Waals surface area contributed by atoms with Crippen molar-refractivity contribution in [3.05, 3.63) is 87.6 Å². The lowest BCUT2D eigenvalue weighted by molar-refractivity contribution is -0.0326. The van der Waals surface area contributed by atoms with Crippen LogP contribution in [-0.2, 0) is 0 Å². The van der Waals surface area contributed by atoms with E-state index in [1.807, 2.05) is 18.2 Å². The molecule has 1 N–H and O–H groups in total. The highest BCUT2D eigenvalue weighted by atomic mass is 32.1. The summed E-state index contributed by atoms with van der Waals surface area (Å²) >= 11 is 1.74. The number of fused-ring (bicyclic) bond motifs is 3. The van der Waals surface area contributed by atoms with Gasteiger partial charge in [0, 0.05) is 11.1 Å². The van der Waals surface area contributed by atoms with Crippen molar-refractivity contribution < 1.29 is 9.47 Å². The van der Waals surface area contributed by atoms with E-state index in [2.05, 4.69) is 65.2 Å². The molecule has 0 aliphatic carbocycles. The van der Waals surface area contributed by atoms with Crippen molar-refractivity contribution in [1.29, 1.82) is 0 Å². The molecule has 0 saturated heterocycles. The number of aryl methyl sites for hydroxylation is 1. The predicted octanol–water partition coefficient (Wildman–Crippen LogP) is 5.06. The van der Waals surface area contributed by atoms with Crippen molar-refractivity contribution in [2.75, 3.05) is 7.11 Å². The van der Waals surface area contributed by atoms with Gasteiger partial charge in [-0.05, 0) is 48.2 Å². The van der Waals surface area contributed by atoms with Crippen molar-refractivity contribution in [2.45, 2.75) is 19.2 Å². The Bertz CT molecular complexity index is 1010. The van der Waals surface area contributed by atoms with E-state index in [4.69, 9.17) is 9.47 Å². The van der Waals surface area contributed by atoms with Gasteiger partial charge in [-0.25, -0.2) is 0 Å². The molecule has 0 fully saturated rings. The molecule has 1 aromatic heterocycles. The maximum Gasteiger partial charge on any atom is 0.196 e. The van der Waals surface area contributed by atoms with Gasteiger partial charge in [-0.2, -0.15) is 5.01 Å². The average Bonchev–Trinajstić information content (AvgIpc) is 3.37. The fraction of sp³-hybridized carbons (Fsp3) is 0.182. The number of nitrogens with zero attached hydrogens (tertiary/aromatic N) is 1. The van der Waals surface area contributed by atoms with E-state index in [0.717, 1.165) is 28.3 Å². The highest BCUT2D eigenvalue weighted by Gasteiger charge is 2.40. The number of hydrogen-bond donors (Lipinski definition) is 1. The summed E-state index contributed by atoms with van der Waals surface area (Å²) in [6.07, 6.45) is 2.07. The Morgan fingerprint density at radius 3 is 2.78 bits per heavy atom. The molecule has 27 heavy (non-hydrogen) atoms. The fourth-order valence-electron chi connectivity index (χ4n) is 3.79. The van der Waals surface area contributed by atoms with Gasteiger partial charge in [-0.1, -0.05) is 30.3 Å². The van der Waals surface area contributed by atoms with Crippen LogP contribution in [0.2, 0.25) is 0 Å². The Kier molecular flexibility index (Phi) is 3.92. The zero-order valence-corrected chi connectivity index (χ0v) is 16.0. The smallest absolute Gasteiger partial charge is 0.196 e.